The van der Waals surface area contributed by atoms with E-state index >= 15 is 0 Å². The van der Waals surface area contributed by atoms with Crippen LogP contribution in [0.2, 0.25) is 12.1 Å². The molecular weight excluding hydrogens is 569 g/mol. The monoisotopic (exact) mass is 636 g/mol. The third-order valence-electron chi connectivity index (χ3n) is 7.64. The van der Waals surface area contributed by atoms with Crippen molar-refractivity contribution in [2.24, 2.45) is 0 Å². The van der Waals surface area contributed by atoms with Crippen LogP contribution >= 0.6 is 12.6 Å². The number of hydrogen-bond donors (Lipinski definition) is 1. The van der Waals surface area contributed by atoms with E-state index in [-0.39, 0.29) is 17.8 Å². The van der Waals surface area contributed by atoms with Gasteiger partial charge in [-0.25, -0.2) is 0 Å². The molecule has 0 bridgehead atoms. The first-order valence-electron chi connectivity index (χ1n) is 17.0. The number of rotatable bonds is 25. The van der Waals surface area contributed by atoms with Gasteiger partial charge in [0.25, 0.3) is 0 Å². The van der Waals surface area contributed by atoms with Crippen LogP contribution in [0.3, 0.4) is 0 Å². The van der Waals surface area contributed by atoms with Gasteiger partial charge < -0.3 is 26.6 Å². The zero-order valence-corrected chi connectivity index (χ0v) is 31.4. The predicted molar refractivity (Wildman–Crippen MR) is 180 cm³/mol. The molecule has 0 amide bonds. The lowest BCUT2D eigenvalue weighted by atomic mass is 10.0. The van der Waals surface area contributed by atoms with Gasteiger partial charge in [0, 0.05) is 37.5 Å². The summed E-state index contributed by atoms with van der Waals surface area (Å²) in [5, 5.41) is 0. The fourth-order valence-corrected chi connectivity index (χ4v) is 13.1. The number of thiol groups is 1. The van der Waals surface area contributed by atoms with Crippen LogP contribution in [0, 0.1) is 0 Å². The minimum Gasteiger partial charge on any atom is -0.374 e. The van der Waals surface area contributed by atoms with Gasteiger partial charge >= 0.3 is 17.6 Å². The van der Waals surface area contributed by atoms with E-state index in [1.54, 1.807) is 0 Å². The van der Waals surface area contributed by atoms with Gasteiger partial charge in [-0.3, -0.25) is 0 Å². The Bertz CT molecular complexity index is 662. The highest BCUT2D eigenvalue weighted by atomic mass is 32.1. The van der Waals surface area contributed by atoms with Crippen molar-refractivity contribution in [3.05, 3.63) is 0 Å². The summed E-state index contributed by atoms with van der Waals surface area (Å²) in [6, 6.07) is 1.69. The van der Waals surface area contributed by atoms with Crippen LogP contribution in [0.5, 0.6) is 0 Å². The summed E-state index contributed by atoms with van der Waals surface area (Å²) >= 11 is 4.39. The molecule has 0 radical (unpaired) electrons. The fraction of sp³-hybridized carbons (Fsp3) is 1.00. The van der Waals surface area contributed by atoms with Gasteiger partial charge in [-0.1, -0.05) is 64.7 Å². The predicted octanol–water partition coefficient (Wildman–Crippen LogP) is 9.76. The normalized spacial score (nSPS) is 22.2. The van der Waals surface area contributed by atoms with E-state index in [2.05, 4.69) is 61.1 Å². The molecule has 9 heteroatoms. The van der Waals surface area contributed by atoms with E-state index in [1.807, 2.05) is 13.8 Å². The molecule has 1 heterocycles. The lowest BCUT2D eigenvalue weighted by molar-refractivity contribution is -0.107. The molecule has 3 atom stereocenters. The first-order chi connectivity index (χ1) is 19.4. The highest BCUT2D eigenvalue weighted by molar-refractivity contribution is 7.80. The minimum absolute atomic E-state index is 0.0757. The lowest BCUT2D eigenvalue weighted by Gasteiger charge is -2.46. The molecule has 1 fully saturated rings. The molecule has 41 heavy (non-hydrogen) atoms. The smallest absolute Gasteiger partial charge is 0.374 e. The number of hydrogen-bond acceptors (Lipinski definition) is 7. The molecule has 3 unspecified atom stereocenters. The second-order valence-electron chi connectivity index (χ2n) is 13.3. The Labute approximate surface area is 262 Å². The Morgan fingerprint density at radius 1 is 0.902 bits per heavy atom. The van der Waals surface area contributed by atoms with Gasteiger partial charge in [0.15, 0.2) is 0 Å². The van der Waals surface area contributed by atoms with Crippen molar-refractivity contribution in [2.75, 3.05) is 19.0 Å². The van der Waals surface area contributed by atoms with E-state index in [9.17, 15) is 0 Å². The van der Waals surface area contributed by atoms with Gasteiger partial charge in [0.2, 0.25) is 0 Å². The maximum atomic E-state index is 6.87. The lowest BCUT2D eigenvalue weighted by Crippen LogP contribution is -2.59. The first kappa shape index (κ1) is 39.6. The highest BCUT2D eigenvalue weighted by Crippen LogP contribution is 2.38. The van der Waals surface area contributed by atoms with Gasteiger partial charge in [-0.05, 0) is 93.2 Å². The maximum Gasteiger partial charge on any atom is 0.501 e. The largest absolute Gasteiger partial charge is 0.501 e. The Morgan fingerprint density at radius 3 is 1.98 bits per heavy atom. The summed E-state index contributed by atoms with van der Waals surface area (Å²) in [5.74, 6) is 0.859. The summed E-state index contributed by atoms with van der Waals surface area (Å²) in [6.45, 7) is 20.4. The van der Waals surface area contributed by atoms with Crippen molar-refractivity contribution >= 4 is 30.2 Å². The van der Waals surface area contributed by atoms with Crippen LogP contribution in [-0.4, -0.2) is 60.0 Å². The Morgan fingerprint density at radius 2 is 1.46 bits per heavy atom. The molecule has 1 aliphatic rings. The van der Waals surface area contributed by atoms with Crippen LogP contribution < -0.4 is 0 Å². The van der Waals surface area contributed by atoms with E-state index in [1.165, 1.54) is 57.8 Å². The summed E-state index contributed by atoms with van der Waals surface area (Å²) in [4.78, 5) is 0. The van der Waals surface area contributed by atoms with E-state index in [4.69, 9.17) is 26.6 Å². The van der Waals surface area contributed by atoms with Crippen LogP contribution in [0.25, 0.3) is 0 Å². The molecule has 0 N–H and O–H groups in total. The van der Waals surface area contributed by atoms with Crippen LogP contribution in [0.15, 0.2) is 0 Å². The van der Waals surface area contributed by atoms with Crippen molar-refractivity contribution in [1.29, 1.82) is 0 Å². The molecule has 0 aliphatic carbocycles. The van der Waals surface area contributed by atoms with Crippen molar-refractivity contribution in [3.8, 4) is 0 Å². The molecule has 1 aliphatic heterocycles. The van der Waals surface area contributed by atoms with Crippen LogP contribution in [-0.2, 0) is 26.6 Å². The summed E-state index contributed by atoms with van der Waals surface area (Å²) in [7, 11) is -5.69. The summed E-state index contributed by atoms with van der Waals surface area (Å²) in [6.07, 6.45) is 16.8. The third kappa shape index (κ3) is 17.0. The fourth-order valence-electron chi connectivity index (χ4n) is 6.27. The molecule has 0 aromatic carbocycles. The first-order valence-corrected chi connectivity index (χ1v) is 21.5. The Kier molecular flexibility index (Phi) is 19.8. The summed E-state index contributed by atoms with van der Waals surface area (Å²) in [5.41, 5.74) is -0.716. The molecule has 1 rings (SSSR count). The zero-order valence-electron chi connectivity index (χ0n) is 28.5. The van der Waals surface area contributed by atoms with Gasteiger partial charge in [0.1, 0.15) is 0 Å². The van der Waals surface area contributed by atoms with Crippen LogP contribution in [0.4, 0.5) is 0 Å². The van der Waals surface area contributed by atoms with E-state index < -0.39 is 23.2 Å². The molecule has 0 aromatic heterocycles. The van der Waals surface area contributed by atoms with Gasteiger partial charge in [-0.15, -0.1) is 0 Å². The molecule has 0 aromatic rings. The van der Waals surface area contributed by atoms with Crippen molar-refractivity contribution in [2.45, 2.75) is 188 Å². The van der Waals surface area contributed by atoms with Crippen LogP contribution in [0.1, 0.15) is 152 Å². The molecular formula is C32H68O6SSi2. The molecule has 246 valence electrons. The highest BCUT2D eigenvalue weighted by Gasteiger charge is 2.52. The second-order valence-corrected chi connectivity index (χ2v) is 19.0. The molecule has 0 saturated carbocycles. The SMILES string of the molecule is CCCCCCCCCCCC[Si]1(OC(C)CC(C)(C)O[Si](CCCCS)(OCC)OCC)OC(C)CC(C)(C)O1. The topological polar surface area (TPSA) is 55.4 Å². The average Bonchev–Trinajstić information content (AvgIpc) is 2.83. The van der Waals surface area contributed by atoms with E-state index in [0.29, 0.717) is 19.6 Å². The Balaban J connectivity index is 2.81. The second kappa shape index (κ2) is 20.5. The minimum atomic E-state index is -2.86. The van der Waals surface area contributed by atoms with Gasteiger partial charge in [-0.2, -0.15) is 12.6 Å². The van der Waals surface area contributed by atoms with Crippen molar-refractivity contribution in [1.82, 2.24) is 0 Å². The van der Waals surface area contributed by atoms with Crippen molar-refractivity contribution in [3.63, 3.8) is 0 Å². The standard InChI is InChI=1S/C32H68O6SSi2/c1-10-13-14-15-16-17-18-19-20-22-26-41(36-30(5)28-32(8,9)38-41)35-29(4)27-31(6,7)37-40(33-11-2,34-12-3)25-23-21-24-39/h29-30,39H,10-28H2,1-9H3. The van der Waals surface area contributed by atoms with Crippen molar-refractivity contribution < 1.29 is 26.6 Å². The Hall–Kier alpha value is 0.544. The molecule has 1 saturated heterocycles. The molecule has 0 spiro atoms. The van der Waals surface area contributed by atoms with Gasteiger partial charge in [0.05, 0.1) is 11.2 Å². The summed E-state index contributed by atoms with van der Waals surface area (Å²) < 4.78 is 39.5. The molecule has 6 nitrogen and oxygen atoms in total. The average molecular weight is 637 g/mol. The quantitative estimate of drug-likeness (QED) is 0.0612. The number of unbranched alkanes of at least 4 members (excludes halogenated alkanes) is 10. The van der Waals surface area contributed by atoms with E-state index in [0.717, 1.165) is 43.5 Å². The zero-order chi connectivity index (χ0) is 30.8. The maximum absolute atomic E-state index is 6.87. The third-order valence-corrected chi connectivity index (χ3v) is 14.6.